The van der Waals surface area contributed by atoms with Crippen LogP contribution in [0.15, 0.2) is 12.4 Å². The molecule has 0 fully saturated rings. The van der Waals surface area contributed by atoms with Crippen LogP contribution in [0, 0.1) is 6.92 Å². The van der Waals surface area contributed by atoms with Crippen LogP contribution in [0.1, 0.15) is 50.9 Å². The molecule has 2 aromatic heterocycles. The van der Waals surface area contributed by atoms with Crippen molar-refractivity contribution in [1.82, 2.24) is 19.7 Å². The van der Waals surface area contributed by atoms with Crippen molar-refractivity contribution in [2.24, 2.45) is 0 Å². The summed E-state index contributed by atoms with van der Waals surface area (Å²) in [4.78, 5) is 9.28. The molecule has 2 rings (SSSR count). The molecule has 2 aromatic rings. The fourth-order valence-electron chi connectivity index (χ4n) is 2.33. The average molecular weight is 273 g/mol. The van der Waals surface area contributed by atoms with E-state index in [2.05, 4.69) is 48.1 Å². The number of aryl methyl sites for hydroxylation is 1. The fourth-order valence-corrected chi connectivity index (χ4v) is 2.33. The van der Waals surface area contributed by atoms with Crippen LogP contribution in [0.2, 0.25) is 0 Å². The number of hydrogen-bond donors (Lipinski definition) is 1. The Balaban J connectivity index is 2.49. The summed E-state index contributed by atoms with van der Waals surface area (Å²) in [6.45, 7) is 10.5. The van der Waals surface area contributed by atoms with Crippen molar-refractivity contribution in [3.8, 4) is 11.4 Å². The summed E-state index contributed by atoms with van der Waals surface area (Å²) in [5.41, 5.74) is 3.15. The second-order valence-electron chi connectivity index (χ2n) is 5.60. The van der Waals surface area contributed by atoms with Gasteiger partial charge in [-0.15, -0.1) is 0 Å². The van der Waals surface area contributed by atoms with Gasteiger partial charge in [0.1, 0.15) is 5.82 Å². The Labute approximate surface area is 120 Å². The molecule has 20 heavy (non-hydrogen) atoms. The first-order chi connectivity index (χ1) is 9.43. The van der Waals surface area contributed by atoms with E-state index in [9.17, 15) is 0 Å². The molecule has 0 aromatic carbocycles. The van der Waals surface area contributed by atoms with Crippen molar-refractivity contribution in [3.05, 3.63) is 23.7 Å². The highest BCUT2D eigenvalue weighted by molar-refractivity contribution is 5.59. The third kappa shape index (κ3) is 2.66. The van der Waals surface area contributed by atoms with Gasteiger partial charge in [-0.25, -0.2) is 9.97 Å². The van der Waals surface area contributed by atoms with Crippen molar-refractivity contribution in [1.29, 1.82) is 0 Å². The Bertz CT molecular complexity index is 598. The lowest BCUT2D eigenvalue weighted by Gasteiger charge is -2.15. The normalized spacial score (nSPS) is 11.4. The maximum Gasteiger partial charge on any atom is 0.164 e. The molecule has 0 saturated heterocycles. The van der Waals surface area contributed by atoms with Crippen LogP contribution in [0.4, 0.5) is 5.82 Å². The van der Waals surface area contributed by atoms with Crippen molar-refractivity contribution < 1.29 is 0 Å². The molecule has 0 unspecified atom stereocenters. The topological polar surface area (TPSA) is 55.6 Å². The van der Waals surface area contributed by atoms with Crippen LogP contribution in [-0.4, -0.2) is 26.8 Å². The average Bonchev–Trinajstić information content (AvgIpc) is 2.86. The van der Waals surface area contributed by atoms with Crippen LogP contribution in [0.5, 0.6) is 0 Å². The van der Waals surface area contributed by atoms with E-state index in [1.54, 1.807) is 0 Å². The van der Waals surface area contributed by atoms with Gasteiger partial charge in [0.15, 0.2) is 5.82 Å². The molecule has 0 aliphatic carbocycles. The van der Waals surface area contributed by atoms with E-state index in [4.69, 9.17) is 0 Å². The summed E-state index contributed by atoms with van der Waals surface area (Å²) in [6.07, 6.45) is 3.82. The molecule has 0 aliphatic heterocycles. The quantitative estimate of drug-likeness (QED) is 0.927. The van der Waals surface area contributed by atoms with Gasteiger partial charge in [0, 0.05) is 30.5 Å². The Hall–Kier alpha value is -1.91. The van der Waals surface area contributed by atoms with E-state index in [1.807, 2.05) is 31.0 Å². The number of aromatic nitrogens is 4. The molecule has 5 heteroatoms. The third-order valence-corrected chi connectivity index (χ3v) is 3.34. The molecule has 0 aliphatic rings. The first kappa shape index (κ1) is 14.5. The highest BCUT2D eigenvalue weighted by atomic mass is 15.3. The Morgan fingerprint density at radius 3 is 2.35 bits per heavy atom. The van der Waals surface area contributed by atoms with Gasteiger partial charge in [0.2, 0.25) is 0 Å². The van der Waals surface area contributed by atoms with Crippen molar-refractivity contribution in [2.75, 3.05) is 12.4 Å². The summed E-state index contributed by atoms with van der Waals surface area (Å²) in [7, 11) is 1.90. The van der Waals surface area contributed by atoms with Gasteiger partial charge >= 0.3 is 0 Å². The fraction of sp³-hybridized carbons (Fsp3) is 0.533. The van der Waals surface area contributed by atoms with E-state index >= 15 is 0 Å². The summed E-state index contributed by atoms with van der Waals surface area (Å²) in [5.74, 6) is 2.02. The van der Waals surface area contributed by atoms with E-state index in [1.165, 1.54) is 5.56 Å². The van der Waals surface area contributed by atoms with Gasteiger partial charge in [0.25, 0.3) is 0 Å². The molecule has 1 N–H and O–H groups in total. The number of anilines is 1. The summed E-state index contributed by atoms with van der Waals surface area (Å²) < 4.78 is 1.92. The zero-order valence-electron chi connectivity index (χ0n) is 13.1. The predicted octanol–water partition coefficient (Wildman–Crippen LogP) is 3.39. The van der Waals surface area contributed by atoms with Gasteiger partial charge in [-0.2, -0.15) is 5.10 Å². The van der Waals surface area contributed by atoms with Crippen LogP contribution < -0.4 is 5.32 Å². The molecule has 0 radical (unpaired) electrons. The number of hydrogen-bond acceptors (Lipinski definition) is 4. The van der Waals surface area contributed by atoms with Gasteiger partial charge in [-0.1, -0.05) is 13.8 Å². The largest absolute Gasteiger partial charge is 0.373 e. The van der Waals surface area contributed by atoms with E-state index in [0.29, 0.717) is 12.0 Å². The van der Waals surface area contributed by atoms with E-state index < -0.39 is 0 Å². The minimum absolute atomic E-state index is 0.337. The standard InChI is InChI=1S/C15H23N5/c1-9(2)13-11(5)18-14(19-15(13)16-6)12-7-17-20(8-12)10(3)4/h7-10H,1-6H3,(H,16,18,19). The molecule has 5 nitrogen and oxygen atoms in total. The Morgan fingerprint density at radius 1 is 1.15 bits per heavy atom. The molecule has 2 heterocycles. The molecule has 0 bridgehead atoms. The van der Waals surface area contributed by atoms with Gasteiger partial charge in [0.05, 0.1) is 11.8 Å². The van der Waals surface area contributed by atoms with Crippen molar-refractivity contribution in [3.63, 3.8) is 0 Å². The molecular weight excluding hydrogens is 250 g/mol. The number of rotatable bonds is 4. The van der Waals surface area contributed by atoms with Crippen LogP contribution in [-0.2, 0) is 0 Å². The minimum atomic E-state index is 0.337. The Kier molecular flexibility index (Phi) is 4.06. The first-order valence-electron chi connectivity index (χ1n) is 7.04. The molecule has 0 amide bonds. The monoisotopic (exact) mass is 273 g/mol. The maximum atomic E-state index is 4.64. The summed E-state index contributed by atoms with van der Waals surface area (Å²) >= 11 is 0. The van der Waals surface area contributed by atoms with Crippen molar-refractivity contribution in [2.45, 2.75) is 46.6 Å². The van der Waals surface area contributed by atoms with Gasteiger partial charge in [-0.3, -0.25) is 4.68 Å². The highest BCUT2D eigenvalue weighted by Gasteiger charge is 2.15. The lowest BCUT2D eigenvalue weighted by Crippen LogP contribution is -2.06. The third-order valence-electron chi connectivity index (χ3n) is 3.34. The van der Waals surface area contributed by atoms with Crippen LogP contribution >= 0.6 is 0 Å². The second-order valence-corrected chi connectivity index (χ2v) is 5.60. The highest BCUT2D eigenvalue weighted by Crippen LogP contribution is 2.27. The molecular formula is C15H23N5. The Morgan fingerprint density at radius 2 is 1.85 bits per heavy atom. The first-order valence-corrected chi connectivity index (χ1v) is 7.04. The van der Waals surface area contributed by atoms with Gasteiger partial charge in [-0.05, 0) is 26.7 Å². The predicted molar refractivity (Wildman–Crippen MR) is 82.0 cm³/mol. The molecule has 108 valence electrons. The van der Waals surface area contributed by atoms with E-state index in [-0.39, 0.29) is 0 Å². The van der Waals surface area contributed by atoms with E-state index in [0.717, 1.165) is 22.9 Å². The lowest BCUT2D eigenvalue weighted by atomic mass is 10.0. The summed E-state index contributed by atoms with van der Waals surface area (Å²) in [6, 6.07) is 0.337. The minimum Gasteiger partial charge on any atom is -0.373 e. The maximum absolute atomic E-state index is 4.64. The SMILES string of the molecule is CNc1nc(-c2cnn(C(C)C)c2)nc(C)c1C(C)C. The van der Waals surface area contributed by atoms with Crippen LogP contribution in [0.25, 0.3) is 11.4 Å². The summed E-state index contributed by atoms with van der Waals surface area (Å²) in [5, 5.41) is 7.53. The number of nitrogens with one attached hydrogen (secondary N) is 1. The lowest BCUT2D eigenvalue weighted by molar-refractivity contribution is 0.532. The molecule has 0 spiro atoms. The molecule has 0 saturated carbocycles. The molecule has 0 atom stereocenters. The van der Waals surface area contributed by atoms with Crippen molar-refractivity contribution >= 4 is 5.82 Å². The number of nitrogens with zero attached hydrogens (tertiary/aromatic N) is 4. The van der Waals surface area contributed by atoms with Gasteiger partial charge < -0.3 is 5.32 Å². The smallest absolute Gasteiger partial charge is 0.164 e. The second kappa shape index (κ2) is 5.61. The zero-order valence-corrected chi connectivity index (χ0v) is 13.1. The van der Waals surface area contributed by atoms with Crippen LogP contribution in [0.3, 0.4) is 0 Å². The zero-order chi connectivity index (χ0) is 14.9.